The molecule has 5 aliphatic carbocycles. The van der Waals surface area contributed by atoms with Gasteiger partial charge >= 0.3 is 0 Å². The average molecular weight is 1530 g/mol. The van der Waals surface area contributed by atoms with Gasteiger partial charge in [0.15, 0.2) is 59.9 Å². The minimum Gasteiger partial charge on any atom is -0.507 e. The Balaban J connectivity index is 0.876. The molecule has 33 nitrogen and oxygen atoms in total. The molecule has 14 rings (SSSR count). The van der Waals surface area contributed by atoms with Gasteiger partial charge in [0.2, 0.25) is 23.1 Å². The fraction of sp³-hybridized carbons (Fsp3) is 0.707. The van der Waals surface area contributed by atoms with Crippen molar-refractivity contribution < 1.29 is 162 Å². The van der Waals surface area contributed by atoms with Crippen molar-refractivity contribution in [2.75, 3.05) is 21.3 Å². The monoisotopic (exact) mass is 1530 g/mol. The first-order valence-corrected chi connectivity index (χ1v) is 37.2. The first kappa shape index (κ1) is 78.7. The first-order valence-electron chi connectivity index (χ1n) is 37.2. The quantitative estimate of drug-likeness (QED) is 0.0804. The maximum Gasteiger partial charge on any atom is 0.232 e. The molecule has 596 valence electrons. The number of ether oxygens (including phenoxy) is 14. The summed E-state index contributed by atoms with van der Waals surface area (Å²) in [5.74, 6) is -16.0. The van der Waals surface area contributed by atoms with E-state index in [9.17, 15) is 76.6 Å². The molecule has 3 aromatic rings. The number of aliphatic hydroxyl groups excluding tert-OH is 8. The highest BCUT2D eigenvalue weighted by molar-refractivity contribution is 6.43. The number of hydrogen-bond acceptors (Lipinski definition) is 33. The lowest BCUT2D eigenvalue weighted by Gasteiger charge is -2.60. The number of benzene rings is 3. The van der Waals surface area contributed by atoms with Crippen molar-refractivity contribution in [3.05, 3.63) is 50.8 Å². The molecule has 0 unspecified atom stereocenters. The molecule has 3 aromatic carbocycles. The smallest absolute Gasteiger partial charge is 0.232 e. The summed E-state index contributed by atoms with van der Waals surface area (Å²) < 4.78 is 87.3. The largest absolute Gasteiger partial charge is 0.507 e. The van der Waals surface area contributed by atoms with E-state index in [0.717, 1.165) is 21.3 Å². The van der Waals surface area contributed by atoms with Crippen LogP contribution in [0.3, 0.4) is 0 Å². The average Bonchev–Trinajstić information content (AvgIpc) is 1.45. The van der Waals surface area contributed by atoms with E-state index in [4.69, 9.17) is 66.3 Å². The Labute approximate surface area is 619 Å². The number of carbonyl (C=O) groups is 4. The standard InChI is InChI=1S/C75H98O33/c1-11-19-72(92)70(106-39-17-14-34(77)26(4)99-39)60(88)63(104-41-23-35(78)52(80)28(6)101-41)32-22-30-21-31-44(54(82)43(30)68(90)74(32,72)93)55(83)48(66(97-10)62(31)95-8)47-56(84)45-46(59(87)65(47)96-9)57(85)49-50(58(45)86)69(91)75(94)51-64(49)108-73(75,20-12-2)71(61(89)67(51)105-42-24-36(79)53(81)29(7)102-42)107-40-18-15-37(27(5)100-40)103-38-16-13-33(76)25(3)98-38/h21,25-29,32-42,51-53,60-61,63-64,67,70-71,76-83,85-86,88-89,92-94H,11-20,22-24H2,1-10H3/t25-,26-,27-,28+,29+,32+,33+,34+,35-,36-,37+,38-,39+,40+,41+,42+,51-,52+,53+,60+,61-,63-,64+,67+,70-,71+,72-,73+,74-,75-/m1/s1. The van der Waals surface area contributed by atoms with Gasteiger partial charge in [-0.05, 0) is 84.8 Å². The molecular weight excluding hydrogens is 1430 g/mol. The van der Waals surface area contributed by atoms with E-state index < -0.39 is 309 Å². The minimum absolute atomic E-state index is 0.00613. The van der Waals surface area contributed by atoms with Gasteiger partial charge in [0.1, 0.15) is 70.8 Å². The predicted molar refractivity (Wildman–Crippen MR) is 364 cm³/mol. The Kier molecular flexibility index (Phi) is 21.1. The molecule has 30 atom stereocenters. The van der Waals surface area contributed by atoms with Crippen LogP contribution in [-0.4, -0.2) is 285 Å². The van der Waals surface area contributed by atoms with Gasteiger partial charge in [-0.25, -0.2) is 0 Å². The summed E-state index contributed by atoms with van der Waals surface area (Å²) in [5, 5.41) is 182. The zero-order valence-electron chi connectivity index (χ0n) is 61.3. The maximum absolute atomic E-state index is 16.3. The van der Waals surface area contributed by atoms with Crippen molar-refractivity contribution in [2.24, 2.45) is 11.8 Å². The molecule has 0 amide bonds. The van der Waals surface area contributed by atoms with Crippen molar-refractivity contribution in [3.63, 3.8) is 0 Å². The number of carbonyl (C=O) groups excluding carboxylic acids is 4. The van der Waals surface area contributed by atoms with Crippen molar-refractivity contribution in [1.82, 2.24) is 0 Å². The fourth-order valence-corrected chi connectivity index (χ4v) is 19.4. The molecule has 4 bridgehead atoms. The Morgan fingerprint density at radius 2 is 0.991 bits per heavy atom. The molecule has 6 heterocycles. The first-order chi connectivity index (χ1) is 51.1. The molecule has 2 saturated carbocycles. The number of aromatic hydroxyl groups is 4. The zero-order valence-corrected chi connectivity index (χ0v) is 61.3. The van der Waals surface area contributed by atoms with Gasteiger partial charge in [-0.3, -0.25) is 19.2 Å². The maximum atomic E-state index is 16.3. The molecular formula is C75H98O33. The summed E-state index contributed by atoms with van der Waals surface area (Å²) in [7, 11) is 3.12. The molecule has 11 aliphatic rings. The number of aliphatic hydroxyl groups is 11. The lowest BCUT2D eigenvalue weighted by molar-refractivity contribution is -0.355. The summed E-state index contributed by atoms with van der Waals surface area (Å²) in [6.45, 7) is 11.2. The zero-order chi connectivity index (χ0) is 77.9. The second-order valence-electron chi connectivity index (χ2n) is 30.9. The summed E-state index contributed by atoms with van der Waals surface area (Å²) >= 11 is 0. The third-order valence-electron chi connectivity index (χ3n) is 24.8. The van der Waals surface area contributed by atoms with Gasteiger partial charge in [-0.1, -0.05) is 26.7 Å². The van der Waals surface area contributed by atoms with Crippen LogP contribution in [0.4, 0.5) is 0 Å². The van der Waals surface area contributed by atoms with Gasteiger partial charge in [-0.2, -0.15) is 0 Å². The Bertz CT molecular complexity index is 4050. The predicted octanol–water partition coefficient (Wildman–Crippen LogP) is 1.57. The molecule has 0 radical (unpaired) electrons. The van der Waals surface area contributed by atoms with Crippen LogP contribution in [0.5, 0.6) is 34.5 Å². The van der Waals surface area contributed by atoms with E-state index in [0.29, 0.717) is 12.8 Å². The van der Waals surface area contributed by atoms with Crippen LogP contribution in [-0.2, 0) is 63.3 Å². The Morgan fingerprint density at radius 3 is 1.54 bits per heavy atom. The van der Waals surface area contributed by atoms with E-state index in [-0.39, 0.29) is 62.3 Å². The van der Waals surface area contributed by atoms with E-state index in [1.807, 2.05) is 0 Å². The van der Waals surface area contributed by atoms with Crippen LogP contribution in [0.25, 0.3) is 16.3 Å². The second kappa shape index (κ2) is 28.9. The number of phenols is 4. The van der Waals surface area contributed by atoms with Gasteiger partial charge in [-0.15, -0.1) is 0 Å². The lowest BCUT2D eigenvalue weighted by Crippen LogP contribution is -2.80. The van der Waals surface area contributed by atoms with Gasteiger partial charge in [0, 0.05) is 49.0 Å². The fourth-order valence-electron chi connectivity index (χ4n) is 19.4. The van der Waals surface area contributed by atoms with Crippen LogP contribution in [0.1, 0.15) is 190 Å². The van der Waals surface area contributed by atoms with Crippen LogP contribution in [0, 0.1) is 11.8 Å². The molecule has 15 N–H and O–H groups in total. The number of Topliss-reactive ketones (excluding diaryl/α,β-unsaturated/α-hetero) is 4. The number of fused-ring (bicyclic) bond motifs is 6. The SMILES string of the molecule is CCC[C@@]1(O)[C@H](O[C@H]2CC[C@H](O)[C@@H](C)O2)[C@@H](O)[C@H](O[C@H]2C[C@@H](O)[C@@H](O)[C@H](C)O2)[C@@H]2Cc3cc4c(OC)c(OC)c(C5=C(OC)C(=O)c6c(O)c7c(c(O)c6C5=O)C(=O)[C@]5(O)[C@H]6[C@H](O[C@H]8C[C@@H](O)[C@@H](O)[C@H](C)O8)[C@@H](O)[C@H](O[C@H]8CC[C@H](O[C@@H]9CC[C@H](O)[C@@H](C)O9)[C@@H](C)O8)[C@]5(CCC)O[C@@H]76)c(O)c4c(O)c3C(=O)[C@]21O. The van der Waals surface area contributed by atoms with Crippen LogP contribution in [0.2, 0.25) is 0 Å². The summed E-state index contributed by atoms with van der Waals surface area (Å²) in [4.78, 5) is 64.1. The molecule has 6 saturated heterocycles. The summed E-state index contributed by atoms with van der Waals surface area (Å²) in [6, 6.07) is 1.26. The van der Waals surface area contributed by atoms with Crippen LogP contribution >= 0.6 is 0 Å². The summed E-state index contributed by atoms with van der Waals surface area (Å²) in [6.07, 6.45) is -31.8. The van der Waals surface area contributed by atoms with Gasteiger partial charge in [0.05, 0.1) is 145 Å². The molecule has 33 heteroatoms. The topological polar surface area (TPSA) is 501 Å². The third kappa shape index (κ3) is 11.7. The van der Waals surface area contributed by atoms with Crippen molar-refractivity contribution in [2.45, 2.75) is 302 Å². The van der Waals surface area contributed by atoms with Crippen molar-refractivity contribution in [1.29, 1.82) is 0 Å². The van der Waals surface area contributed by atoms with Crippen molar-refractivity contribution in [3.8, 4) is 34.5 Å². The van der Waals surface area contributed by atoms with E-state index in [1.165, 1.54) is 19.9 Å². The molecule has 6 aliphatic heterocycles. The number of phenolic OH excluding ortho intramolecular Hbond substituents is 4. The number of ketones is 4. The highest BCUT2D eigenvalue weighted by Crippen LogP contribution is 2.69. The van der Waals surface area contributed by atoms with Gasteiger partial charge in [0.25, 0.3) is 0 Å². The Hall–Kier alpha value is -5.94. The minimum atomic E-state index is -3.15. The highest BCUT2D eigenvalue weighted by Gasteiger charge is 2.82. The van der Waals surface area contributed by atoms with E-state index in [1.54, 1.807) is 34.6 Å². The normalized spacial score (nSPS) is 43.0. The lowest BCUT2D eigenvalue weighted by atomic mass is 9.53. The van der Waals surface area contributed by atoms with E-state index >= 15 is 19.2 Å². The number of allylic oxidation sites excluding steroid dienone is 2. The third-order valence-corrected chi connectivity index (χ3v) is 24.8. The molecule has 0 aromatic heterocycles. The Morgan fingerprint density at radius 1 is 0.481 bits per heavy atom. The second-order valence-corrected chi connectivity index (χ2v) is 30.9. The molecule has 108 heavy (non-hydrogen) atoms. The van der Waals surface area contributed by atoms with Crippen molar-refractivity contribution >= 4 is 39.5 Å². The number of rotatable bonds is 18. The van der Waals surface area contributed by atoms with Crippen LogP contribution < -0.4 is 9.47 Å². The molecule has 8 fully saturated rings. The highest BCUT2D eigenvalue weighted by atomic mass is 16.7. The number of hydrogen-bond donors (Lipinski definition) is 15. The molecule has 0 spiro atoms. The number of methoxy groups -OCH3 is 3. The van der Waals surface area contributed by atoms with E-state index in [2.05, 4.69) is 0 Å². The van der Waals surface area contributed by atoms with Gasteiger partial charge < -0.3 is 143 Å². The summed E-state index contributed by atoms with van der Waals surface area (Å²) in [5.41, 5.74) is -17.7. The van der Waals surface area contributed by atoms with Crippen LogP contribution in [0.15, 0.2) is 11.8 Å².